The molecule has 3 aromatic rings. The number of likely N-dealkylation sites (tertiary alicyclic amines) is 1. The van der Waals surface area contributed by atoms with E-state index in [9.17, 15) is 14.4 Å². The molecule has 1 aliphatic rings. The van der Waals surface area contributed by atoms with Crippen molar-refractivity contribution in [3.8, 4) is 6.07 Å². The van der Waals surface area contributed by atoms with Crippen molar-refractivity contribution in [1.29, 1.82) is 5.26 Å². The van der Waals surface area contributed by atoms with Gasteiger partial charge in [0.05, 0.1) is 16.8 Å². The molecular weight excluding hydrogens is 393 g/mol. The summed E-state index contributed by atoms with van der Waals surface area (Å²) in [6, 6.07) is 10.0. The van der Waals surface area contributed by atoms with Gasteiger partial charge in [-0.3, -0.25) is 4.79 Å². The molecule has 3 heterocycles. The Morgan fingerprint density at radius 3 is 2.94 bits per heavy atom. The monoisotopic (exact) mass is 417 g/mol. The van der Waals surface area contributed by atoms with Gasteiger partial charge < -0.3 is 10.2 Å². The summed E-state index contributed by atoms with van der Waals surface area (Å²) in [6.45, 7) is 4.70. The Labute approximate surface area is 180 Å². The lowest BCUT2D eigenvalue weighted by atomic mass is 9.98. The number of fused-ring (bicyclic) bond motifs is 1. The second kappa shape index (κ2) is 8.68. The first-order valence-electron chi connectivity index (χ1n) is 10.6. The number of piperidine rings is 1. The summed E-state index contributed by atoms with van der Waals surface area (Å²) in [6.07, 6.45) is 5.57. The van der Waals surface area contributed by atoms with Crippen molar-refractivity contribution in [3.05, 3.63) is 59.2 Å². The number of aromatic nitrogens is 2. The summed E-state index contributed by atoms with van der Waals surface area (Å²) in [5.74, 6) is -0.660. The summed E-state index contributed by atoms with van der Waals surface area (Å²) < 4.78 is 13.8. The second-order valence-corrected chi connectivity index (χ2v) is 7.86. The number of hydrogen-bond acceptors (Lipinski definition) is 5. The van der Waals surface area contributed by atoms with Crippen LogP contribution in [0.5, 0.6) is 0 Å². The van der Waals surface area contributed by atoms with E-state index < -0.39 is 5.82 Å². The quantitative estimate of drug-likeness (QED) is 0.639. The van der Waals surface area contributed by atoms with Gasteiger partial charge in [0.2, 0.25) is 0 Å². The summed E-state index contributed by atoms with van der Waals surface area (Å²) in [4.78, 5) is 24.4. The van der Waals surface area contributed by atoms with Crippen LogP contribution < -0.4 is 5.32 Å². The minimum atomic E-state index is -0.583. The predicted molar refractivity (Wildman–Crippen MR) is 118 cm³/mol. The van der Waals surface area contributed by atoms with Crippen LogP contribution in [0, 0.1) is 24.1 Å². The van der Waals surface area contributed by atoms with Crippen LogP contribution in [0.3, 0.4) is 0 Å². The van der Waals surface area contributed by atoms with E-state index in [-0.39, 0.29) is 17.5 Å². The van der Waals surface area contributed by atoms with Crippen molar-refractivity contribution in [3.63, 3.8) is 0 Å². The number of pyridine rings is 2. The van der Waals surface area contributed by atoms with Gasteiger partial charge in [0.25, 0.3) is 5.91 Å². The van der Waals surface area contributed by atoms with E-state index >= 15 is 0 Å². The average molecular weight is 417 g/mol. The molecule has 7 heteroatoms. The van der Waals surface area contributed by atoms with Gasteiger partial charge in [-0.25, -0.2) is 14.4 Å². The van der Waals surface area contributed by atoms with Crippen LogP contribution in [0.1, 0.15) is 54.2 Å². The number of carbonyl (C=O) groups excluding carboxylic acids is 1. The molecule has 31 heavy (non-hydrogen) atoms. The molecule has 0 spiro atoms. The van der Waals surface area contributed by atoms with Gasteiger partial charge in [0, 0.05) is 35.6 Å². The fraction of sp³-hybridized carbons (Fsp3) is 0.333. The Bertz CT molecular complexity index is 1190. The molecule has 0 radical (unpaired) electrons. The third kappa shape index (κ3) is 4.06. The number of halogens is 1. The molecule has 4 rings (SSSR count). The Kier molecular flexibility index (Phi) is 5.81. The maximum absolute atomic E-state index is 13.8. The van der Waals surface area contributed by atoms with E-state index in [4.69, 9.17) is 0 Å². The first-order chi connectivity index (χ1) is 15.0. The van der Waals surface area contributed by atoms with E-state index in [2.05, 4.69) is 22.2 Å². The Morgan fingerprint density at radius 1 is 1.32 bits per heavy atom. The molecule has 0 aliphatic carbocycles. The first kappa shape index (κ1) is 20.7. The fourth-order valence-electron chi connectivity index (χ4n) is 4.15. The highest BCUT2D eigenvalue weighted by Gasteiger charge is 2.29. The molecule has 0 bridgehead atoms. The summed E-state index contributed by atoms with van der Waals surface area (Å²) in [7, 11) is 0. The number of benzene rings is 1. The molecule has 0 saturated carbocycles. The normalized spacial score (nSPS) is 16.2. The number of aryl methyl sites for hydroxylation is 1. The van der Waals surface area contributed by atoms with Gasteiger partial charge in [-0.15, -0.1) is 0 Å². The van der Waals surface area contributed by atoms with Crippen LogP contribution in [0.4, 0.5) is 15.8 Å². The van der Waals surface area contributed by atoms with Gasteiger partial charge in [-0.1, -0.05) is 6.92 Å². The van der Waals surface area contributed by atoms with Crippen LogP contribution in [0.25, 0.3) is 11.0 Å². The second-order valence-electron chi connectivity index (χ2n) is 7.86. The molecule has 1 aliphatic heterocycles. The zero-order valence-electron chi connectivity index (χ0n) is 17.7. The van der Waals surface area contributed by atoms with Crippen molar-refractivity contribution in [2.24, 2.45) is 0 Å². The van der Waals surface area contributed by atoms with Crippen molar-refractivity contribution in [2.75, 3.05) is 11.9 Å². The van der Waals surface area contributed by atoms with Crippen molar-refractivity contribution < 1.29 is 9.18 Å². The zero-order chi connectivity index (χ0) is 22.0. The van der Waals surface area contributed by atoms with Gasteiger partial charge in [0.15, 0.2) is 5.65 Å². The van der Waals surface area contributed by atoms with Crippen LogP contribution >= 0.6 is 0 Å². The fourth-order valence-corrected chi connectivity index (χ4v) is 4.15. The smallest absolute Gasteiger partial charge is 0.257 e. The first-order valence-corrected chi connectivity index (χ1v) is 10.6. The predicted octanol–water partition coefficient (Wildman–Crippen LogP) is 5.10. The van der Waals surface area contributed by atoms with Crippen LogP contribution in [0.15, 0.2) is 36.5 Å². The lowest BCUT2D eigenvalue weighted by Gasteiger charge is -2.35. The van der Waals surface area contributed by atoms with Gasteiger partial charge in [0.1, 0.15) is 11.9 Å². The highest BCUT2D eigenvalue weighted by atomic mass is 19.1. The number of amides is 1. The Hall–Kier alpha value is -3.53. The van der Waals surface area contributed by atoms with Crippen molar-refractivity contribution in [2.45, 2.75) is 45.6 Å². The van der Waals surface area contributed by atoms with Gasteiger partial charge >= 0.3 is 0 Å². The molecule has 1 aromatic carbocycles. The lowest BCUT2D eigenvalue weighted by molar-refractivity contribution is 0.0609. The number of carbonyl (C=O) groups is 1. The van der Waals surface area contributed by atoms with E-state index in [1.165, 1.54) is 12.1 Å². The molecule has 1 fully saturated rings. The number of hydrogen-bond donors (Lipinski definition) is 1. The van der Waals surface area contributed by atoms with E-state index in [0.29, 0.717) is 28.0 Å². The van der Waals surface area contributed by atoms with Gasteiger partial charge in [-0.05, 0) is 62.9 Å². The highest BCUT2D eigenvalue weighted by Crippen LogP contribution is 2.32. The summed E-state index contributed by atoms with van der Waals surface area (Å²) >= 11 is 0. The lowest BCUT2D eigenvalue weighted by Crippen LogP contribution is -2.43. The third-order valence-corrected chi connectivity index (χ3v) is 5.81. The molecule has 2 aromatic heterocycles. The van der Waals surface area contributed by atoms with Crippen LogP contribution in [-0.2, 0) is 0 Å². The number of nitrogens with one attached hydrogen (secondary N) is 1. The summed E-state index contributed by atoms with van der Waals surface area (Å²) in [5.41, 5.74) is 2.81. The standard InChI is InChI=1S/C24H24FN5O/c1-3-18-6-4-5-11-30(18)24(31)20-14-27-23-19(9-7-15(2)28-23)22(20)29-17-8-10-21(25)16(12-17)13-26/h7-10,12,14,18H,3-6,11H2,1-2H3,(H,27,28,29). The third-order valence-electron chi connectivity index (χ3n) is 5.81. The molecule has 1 unspecified atom stereocenters. The van der Waals surface area contributed by atoms with Crippen molar-refractivity contribution in [1.82, 2.24) is 14.9 Å². The number of nitriles is 1. The number of rotatable bonds is 4. The molecule has 1 saturated heterocycles. The Balaban J connectivity index is 1.83. The van der Waals surface area contributed by atoms with Crippen LogP contribution in [-0.4, -0.2) is 33.4 Å². The van der Waals surface area contributed by atoms with Crippen LogP contribution in [0.2, 0.25) is 0 Å². The number of nitrogens with zero attached hydrogens (tertiary/aromatic N) is 4. The highest BCUT2D eigenvalue weighted by molar-refractivity contribution is 6.07. The largest absolute Gasteiger partial charge is 0.354 e. The molecular formula is C24H24FN5O. The minimum absolute atomic E-state index is 0.0627. The molecule has 1 atom stereocenters. The molecule has 1 N–H and O–H groups in total. The van der Waals surface area contributed by atoms with E-state index in [0.717, 1.165) is 37.9 Å². The van der Waals surface area contributed by atoms with Crippen molar-refractivity contribution >= 4 is 28.3 Å². The summed E-state index contributed by atoms with van der Waals surface area (Å²) in [5, 5.41) is 13.1. The average Bonchev–Trinajstić information content (AvgIpc) is 2.79. The van der Waals surface area contributed by atoms with E-state index in [1.54, 1.807) is 12.3 Å². The molecule has 6 nitrogen and oxygen atoms in total. The molecule has 158 valence electrons. The molecule has 1 amide bonds. The van der Waals surface area contributed by atoms with Gasteiger partial charge in [-0.2, -0.15) is 5.26 Å². The SMILES string of the molecule is CCC1CCCCN1C(=O)c1cnc2nc(C)ccc2c1Nc1ccc(F)c(C#N)c1. The number of anilines is 2. The maximum Gasteiger partial charge on any atom is 0.257 e. The van der Waals surface area contributed by atoms with E-state index in [1.807, 2.05) is 30.0 Å². The maximum atomic E-state index is 13.8. The minimum Gasteiger partial charge on any atom is -0.354 e. The topological polar surface area (TPSA) is 81.9 Å². The Morgan fingerprint density at radius 2 is 2.16 bits per heavy atom. The zero-order valence-corrected chi connectivity index (χ0v) is 17.7.